The molecule has 1 aliphatic heterocycles. The van der Waals surface area contributed by atoms with Gasteiger partial charge in [0.15, 0.2) is 5.78 Å². The van der Waals surface area contributed by atoms with Crippen molar-refractivity contribution in [2.75, 3.05) is 11.6 Å². The lowest BCUT2D eigenvalue weighted by atomic mass is 9.85. The smallest absolute Gasteiger partial charge is 0.227 e. The molecule has 1 aromatic carbocycles. The maximum Gasteiger partial charge on any atom is 0.227 e. The minimum atomic E-state index is -0.680. The summed E-state index contributed by atoms with van der Waals surface area (Å²) in [6.45, 7) is 0. The van der Waals surface area contributed by atoms with Crippen molar-refractivity contribution in [1.29, 1.82) is 0 Å². The molecule has 4 rings (SSSR count). The lowest BCUT2D eigenvalue weighted by molar-refractivity contribution is -0.116. The van der Waals surface area contributed by atoms with Gasteiger partial charge in [-0.2, -0.15) is 4.98 Å². The second-order valence-electron chi connectivity index (χ2n) is 5.77. The Morgan fingerprint density at radius 1 is 1.25 bits per heavy atom. The van der Waals surface area contributed by atoms with Crippen molar-refractivity contribution in [3.63, 3.8) is 0 Å². The van der Waals surface area contributed by atoms with E-state index in [0.29, 0.717) is 35.1 Å². The second kappa shape index (κ2) is 5.70. The zero-order chi connectivity index (χ0) is 16.8. The van der Waals surface area contributed by atoms with E-state index in [-0.39, 0.29) is 5.78 Å². The Balaban J connectivity index is 1.94. The molecule has 24 heavy (non-hydrogen) atoms. The van der Waals surface area contributed by atoms with Crippen LogP contribution in [0.3, 0.4) is 0 Å². The molecule has 2 heterocycles. The molecule has 1 aromatic heterocycles. The van der Waals surface area contributed by atoms with Crippen LogP contribution in [0, 0.1) is 11.6 Å². The predicted molar refractivity (Wildman–Crippen MR) is 85.8 cm³/mol. The van der Waals surface area contributed by atoms with Crippen LogP contribution in [0.15, 0.2) is 34.6 Å². The Morgan fingerprint density at radius 2 is 2.00 bits per heavy atom. The normalized spacial score (nSPS) is 19.8. The van der Waals surface area contributed by atoms with E-state index in [2.05, 4.69) is 15.4 Å². The monoisotopic (exact) mass is 348 g/mol. The minimum absolute atomic E-state index is 0.0229. The molecule has 5 nitrogen and oxygen atoms in total. The lowest BCUT2D eigenvalue weighted by Gasteiger charge is -2.32. The van der Waals surface area contributed by atoms with Gasteiger partial charge in [-0.05, 0) is 36.8 Å². The van der Waals surface area contributed by atoms with Crippen LogP contribution in [0.2, 0.25) is 0 Å². The molecule has 1 N–H and O–H groups in total. The fraction of sp³-hybridized carbons (Fsp3) is 0.312. The number of halogens is 2. The first-order chi connectivity index (χ1) is 11.6. The number of thioether (sulfide) groups is 1. The highest BCUT2D eigenvalue weighted by molar-refractivity contribution is 7.98. The predicted octanol–water partition coefficient (Wildman–Crippen LogP) is 3.30. The summed E-state index contributed by atoms with van der Waals surface area (Å²) in [6, 6.07) is 2.65. The van der Waals surface area contributed by atoms with Gasteiger partial charge in [-0.25, -0.2) is 13.5 Å². The summed E-state index contributed by atoms with van der Waals surface area (Å²) in [5.74, 6) is -0.894. The quantitative estimate of drug-likeness (QED) is 0.844. The van der Waals surface area contributed by atoms with Crippen LogP contribution in [0.5, 0.6) is 0 Å². The highest BCUT2D eigenvalue weighted by atomic mass is 32.2. The largest absolute Gasteiger partial charge is 0.328 e. The number of Topliss-reactive ketones (excluding diaryl/α,β-unsaturated/α-hetero) is 1. The molecule has 1 aliphatic carbocycles. The number of aromatic nitrogens is 3. The van der Waals surface area contributed by atoms with E-state index in [4.69, 9.17) is 0 Å². The number of carbonyl (C=O) groups is 1. The van der Waals surface area contributed by atoms with Gasteiger partial charge in [0.2, 0.25) is 11.1 Å². The Morgan fingerprint density at radius 3 is 2.71 bits per heavy atom. The first kappa shape index (κ1) is 15.3. The summed E-state index contributed by atoms with van der Waals surface area (Å²) in [5.41, 5.74) is 1.65. The number of hydrogen-bond acceptors (Lipinski definition) is 5. The van der Waals surface area contributed by atoms with Crippen LogP contribution in [-0.4, -0.2) is 26.8 Å². The molecule has 0 saturated heterocycles. The second-order valence-corrected chi connectivity index (χ2v) is 6.54. The van der Waals surface area contributed by atoms with Crippen molar-refractivity contribution in [1.82, 2.24) is 14.8 Å². The highest BCUT2D eigenvalue weighted by Gasteiger charge is 2.37. The van der Waals surface area contributed by atoms with Gasteiger partial charge in [0.25, 0.3) is 0 Å². The van der Waals surface area contributed by atoms with E-state index in [1.54, 1.807) is 4.68 Å². The molecule has 1 atom stereocenters. The SMILES string of the molecule is CSc1nc2n(n1)C(c1cc(F)cc(F)c1)C1=C(CCCC1=O)N2. The van der Waals surface area contributed by atoms with Crippen molar-refractivity contribution in [2.24, 2.45) is 0 Å². The molecule has 124 valence electrons. The van der Waals surface area contributed by atoms with Crippen LogP contribution < -0.4 is 5.32 Å². The molecular weight excluding hydrogens is 334 g/mol. The molecule has 0 saturated carbocycles. The van der Waals surface area contributed by atoms with Crippen LogP contribution in [0.4, 0.5) is 14.7 Å². The third kappa shape index (κ3) is 2.41. The summed E-state index contributed by atoms with van der Waals surface area (Å²) in [7, 11) is 0. The summed E-state index contributed by atoms with van der Waals surface area (Å²) in [5, 5.41) is 8.08. The number of benzene rings is 1. The van der Waals surface area contributed by atoms with Gasteiger partial charge in [-0.3, -0.25) is 4.79 Å². The number of allylic oxidation sites excluding steroid dienone is 2. The van der Waals surface area contributed by atoms with E-state index in [1.165, 1.54) is 23.9 Å². The summed E-state index contributed by atoms with van der Waals surface area (Å²) < 4.78 is 29.0. The first-order valence-electron chi connectivity index (χ1n) is 7.56. The van der Waals surface area contributed by atoms with Gasteiger partial charge in [-0.1, -0.05) is 11.8 Å². The van der Waals surface area contributed by atoms with Crippen molar-refractivity contribution in [2.45, 2.75) is 30.5 Å². The number of rotatable bonds is 2. The number of ketones is 1. The van der Waals surface area contributed by atoms with Gasteiger partial charge in [-0.15, -0.1) is 5.10 Å². The number of nitrogens with zero attached hydrogens (tertiary/aromatic N) is 3. The van der Waals surface area contributed by atoms with Crippen LogP contribution in [0.1, 0.15) is 30.9 Å². The van der Waals surface area contributed by atoms with Crippen molar-refractivity contribution in [3.8, 4) is 0 Å². The van der Waals surface area contributed by atoms with Gasteiger partial charge in [0.1, 0.15) is 17.7 Å². The van der Waals surface area contributed by atoms with Gasteiger partial charge < -0.3 is 5.32 Å². The van der Waals surface area contributed by atoms with Gasteiger partial charge >= 0.3 is 0 Å². The van der Waals surface area contributed by atoms with E-state index in [9.17, 15) is 13.6 Å². The van der Waals surface area contributed by atoms with E-state index in [0.717, 1.165) is 18.2 Å². The molecule has 2 aromatic rings. The van der Waals surface area contributed by atoms with E-state index in [1.807, 2.05) is 6.26 Å². The van der Waals surface area contributed by atoms with Crippen molar-refractivity contribution >= 4 is 23.5 Å². The van der Waals surface area contributed by atoms with E-state index >= 15 is 0 Å². The summed E-state index contributed by atoms with van der Waals surface area (Å²) in [4.78, 5) is 16.9. The Kier molecular flexibility index (Phi) is 3.64. The Bertz CT molecular complexity index is 857. The van der Waals surface area contributed by atoms with Crippen LogP contribution >= 0.6 is 11.8 Å². The minimum Gasteiger partial charge on any atom is -0.328 e. The molecular formula is C16H14F2N4OS. The maximum atomic E-state index is 13.7. The van der Waals surface area contributed by atoms with Crippen LogP contribution in [-0.2, 0) is 4.79 Å². The van der Waals surface area contributed by atoms with Gasteiger partial charge in [0, 0.05) is 23.8 Å². The average molecular weight is 348 g/mol. The molecule has 0 spiro atoms. The molecule has 2 aliphatic rings. The number of anilines is 1. The first-order valence-corrected chi connectivity index (χ1v) is 8.79. The topological polar surface area (TPSA) is 59.8 Å². The Labute approximate surface area is 141 Å². The van der Waals surface area contributed by atoms with Crippen molar-refractivity contribution < 1.29 is 13.6 Å². The summed E-state index contributed by atoms with van der Waals surface area (Å²) >= 11 is 1.37. The third-order valence-corrected chi connectivity index (χ3v) is 4.77. The van der Waals surface area contributed by atoms with Crippen LogP contribution in [0.25, 0.3) is 0 Å². The molecule has 8 heteroatoms. The fourth-order valence-electron chi connectivity index (χ4n) is 3.26. The average Bonchev–Trinajstić information content (AvgIpc) is 2.94. The van der Waals surface area contributed by atoms with Gasteiger partial charge in [0.05, 0.1) is 0 Å². The zero-order valence-electron chi connectivity index (χ0n) is 12.8. The molecule has 0 fully saturated rings. The number of carbonyl (C=O) groups excluding carboxylic acids is 1. The highest BCUT2D eigenvalue weighted by Crippen LogP contribution is 2.40. The zero-order valence-corrected chi connectivity index (χ0v) is 13.7. The molecule has 1 unspecified atom stereocenters. The number of fused-ring (bicyclic) bond motifs is 1. The third-order valence-electron chi connectivity index (χ3n) is 4.23. The summed E-state index contributed by atoms with van der Waals surface area (Å²) in [6.07, 6.45) is 3.72. The Hall–Kier alpha value is -2.22. The molecule has 0 radical (unpaired) electrons. The fourth-order valence-corrected chi connectivity index (χ4v) is 3.61. The van der Waals surface area contributed by atoms with Crippen molar-refractivity contribution in [3.05, 3.63) is 46.7 Å². The number of hydrogen-bond donors (Lipinski definition) is 1. The maximum absolute atomic E-state index is 13.7. The molecule has 0 amide bonds. The van der Waals surface area contributed by atoms with E-state index < -0.39 is 17.7 Å². The molecule has 0 bridgehead atoms. The standard InChI is InChI=1S/C16H14F2N4OS/c1-24-16-20-15-19-11-3-2-4-12(23)13(11)14(22(15)21-16)8-5-9(17)7-10(18)6-8/h5-7,14H,2-4H2,1H3,(H,19,20,21). The lowest BCUT2D eigenvalue weighted by Crippen LogP contribution is -2.31. The number of nitrogens with one attached hydrogen (secondary N) is 1.